The maximum atomic E-state index is 5.99. The van der Waals surface area contributed by atoms with Crippen molar-refractivity contribution in [3.8, 4) is 0 Å². The van der Waals surface area contributed by atoms with Gasteiger partial charge in [-0.05, 0) is 57.0 Å². The molecule has 0 spiro atoms. The number of benzene rings is 1. The predicted molar refractivity (Wildman–Crippen MR) is 92.8 cm³/mol. The molecule has 3 nitrogen and oxygen atoms in total. The zero-order valence-corrected chi connectivity index (χ0v) is 14.5. The van der Waals surface area contributed by atoms with Gasteiger partial charge in [-0.3, -0.25) is 4.90 Å². The van der Waals surface area contributed by atoms with E-state index >= 15 is 0 Å². The molecule has 0 radical (unpaired) electrons. The second-order valence-corrected chi connectivity index (χ2v) is 7.33. The van der Waals surface area contributed by atoms with Gasteiger partial charge < -0.3 is 10.6 Å². The molecule has 2 fully saturated rings. The number of hydrogen-bond donors (Lipinski definition) is 1. The Labute approximate surface area is 136 Å². The Morgan fingerprint density at radius 1 is 1.19 bits per heavy atom. The Bertz CT molecular complexity index is 483. The van der Waals surface area contributed by atoms with E-state index in [-0.39, 0.29) is 6.04 Å². The van der Waals surface area contributed by atoms with Crippen molar-refractivity contribution in [2.24, 2.45) is 5.73 Å². The van der Waals surface area contributed by atoms with Crippen molar-refractivity contribution in [3.63, 3.8) is 0 Å². The lowest BCUT2D eigenvalue weighted by molar-refractivity contribution is 0.175. The number of piperidine rings is 1. The normalized spacial score (nSPS) is 25.3. The molecule has 2 N–H and O–H groups in total. The molecule has 0 aliphatic carbocycles. The van der Waals surface area contributed by atoms with E-state index in [4.69, 9.17) is 5.73 Å². The number of likely N-dealkylation sites (tertiary alicyclic amines) is 1. The van der Waals surface area contributed by atoms with Crippen molar-refractivity contribution in [3.05, 3.63) is 28.2 Å². The molecule has 21 heavy (non-hydrogen) atoms. The summed E-state index contributed by atoms with van der Waals surface area (Å²) in [6.45, 7) is 6.97. The molecular weight excluding hydrogens is 326 g/mol. The molecular formula is C17H26BrN3. The zero-order valence-electron chi connectivity index (χ0n) is 12.9. The third-order valence-electron chi connectivity index (χ3n) is 4.91. The first kappa shape index (κ1) is 15.3. The molecule has 0 aromatic heterocycles. The van der Waals surface area contributed by atoms with E-state index in [1.165, 1.54) is 63.1 Å². The van der Waals surface area contributed by atoms with Crippen molar-refractivity contribution < 1.29 is 0 Å². The van der Waals surface area contributed by atoms with E-state index in [1.807, 2.05) is 6.92 Å². The van der Waals surface area contributed by atoms with E-state index in [9.17, 15) is 0 Å². The Morgan fingerprint density at radius 3 is 2.62 bits per heavy atom. The number of anilines is 1. The highest BCUT2D eigenvalue weighted by atomic mass is 79.9. The smallest absolute Gasteiger partial charge is 0.0378 e. The molecule has 1 aromatic carbocycles. The van der Waals surface area contributed by atoms with Crippen LogP contribution < -0.4 is 10.6 Å². The first-order valence-electron chi connectivity index (χ1n) is 8.19. The van der Waals surface area contributed by atoms with Gasteiger partial charge in [0.05, 0.1) is 0 Å². The summed E-state index contributed by atoms with van der Waals surface area (Å²) in [5.41, 5.74) is 8.50. The van der Waals surface area contributed by atoms with Crippen LogP contribution in [0.15, 0.2) is 22.7 Å². The topological polar surface area (TPSA) is 32.5 Å². The molecule has 4 heteroatoms. The van der Waals surface area contributed by atoms with Crippen LogP contribution in [-0.2, 0) is 0 Å². The third-order valence-corrected chi connectivity index (χ3v) is 5.60. The highest BCUT2D eigenvalue weighted by Gasteiger charge is 2.28. The van der Waals surface area contributed by atoms with Gasteiger partial charge in [0.15, 0.2) is 0 Å². The average Bonchev–Trinajstić information content (AvgIpc) is 2.97. The van der Waals surface area contributed by atoms with Crippen LogP contribution in [0, 0.1) is 0 Å². The van der Waals surface area contributed by atoms with Crippen LogP contribution in [0.1, 0.15) is 44.2 Å². The maximum absolute atomic E-state index is 5.99. The van der Waals surface area contributed by atoms with Crippen molar-refractivity contribution >= 4 is 21.6 Å². The molecule has 2 aliphatic heterocycles. The maximum Gasteiger partial charge on any atom is 0.0378 e. The summed E-state index contributed by atoms with van der Waals surface area (Å²) in [7, 11) is 0. The summed E-state index contributed by atoms with van der Waals surface area (Å²) in [5, 5.41) is 0. The lowest BCUT2D eigenvalue weighted by Gasteiger charge is -2.32. The summed E-state index contributed by atoms with van der Waals surface area (Å²) in [6.07, 6.45) is 5.47. The molecule has 2 aliphatic rings. The molecule has 2 unspecified atom stereocenters. The second kappa shape index (κ2) is 6.67. The molecule has 1 aromatic rings. The zero-order chi connectivity index (χ0) is 14.8. The standard InChI is InChI=1S/C17H26BrN3/c1-13(19)16-6-5-14(11-17(16)18)21-10-7-15(12-21)20-8-3-2-4-9-20/h5-6,11,13,15H,2-4,7-10,12,19H2,1H3. The lowest BCUT2D eigenvalue weighted by atomic mass is 10.1. The first-order chi connectivity index (χ1) is 10.1. The highest BCUT2D eigenvalue weighted by Crippen LogP contribution is 2.30. The summed E-state index contributed by atoms with van der Waals surface area (Å²) in [4.78, 5) is 5.23. The van der Waals surface area contributed by atoms with Crippen LogP contribution in [0.5, 0.6) is 0 Å². The fourth-order valence-corrected chi connectivity index (χ4v) is 4.37. The number of nitrogens with zero attached hydrogens (tertiary/aromatic N) is 2. The molecule has 2 saturated heterocycles. The minimum absolute atomic E-state index is 0.0769. The molecule has 0 amide bonds. The van der Waals surface area contributed by atoms with E-state index < -0.39 is 0 Å². The van der Waals surface area contributed by atoms with Crippen LogP contribution in [0.25, 0.3) is 0 Å². The second-order valence-electron chi connectivity index (χ2n) is 6.48. The Balaban J connectivity index is 1.67. The molecule has 2 atom stereocenters. The van der Waals surface area contributed by atoms with Gasteiger partial charge in [-0.2, -0.15) is 0 Å². The van der Waals surface area contributed by atoms with Crippen LogP contribution >= 0.6 is 15.9 Å². The summed E-state index contributed by atoms with van der Waals surface area (Å²) < 4.78 is 1.14. The van der Waals surface area contributed by atoms with Crippen molar-refractivity contribution in [2.75, 3.05) is 31.1 Å². The van der Waals surface area contributed by atoms with Crippen molar-refractivity contribution in [1.29, 1.82) is 0 Å². The summed E-state index contributed by atoms with van der Waals surface area (Å²) >= 11 is 3.67. The highest BCUT2D eigenvalue weighted by molar-refractivity contribution is 9.10. The van der Waals surface area contributed by atoms with E-state index in [2.05, 4.69) is 43.9 Å². The summed E-state index contributed by atoms with van der Waals surface area (Å²) in [6, 6.07) is 7.45. The van der Waals surface area contributed by atoms with Crippen molar-refractivity contribution in [1.82, 2.24) is 4.90 Å². The SMILES string of the molecule is CC(N)c1ccc(N2CCC(N3CCCCC3)C2)cc1Br. The Hall–Kier alpha value is -0.580. The first-order valence-corrected chi connectivity index (χ1v) is 8.98. The number of halogens is 1. The van der Waals surface area contributed by atoms with Gasteiger partial charge in [-0.25, -0.2) is 0 Å². The monoisotopic (exact) mass is 351 g/mol. The van der Waals surface area contributed by atoms with E-state index in [1.54, 1.807) is 0 Å². The minimum Gasteiger partial charge on any atom is -0.370 e. The van der Waals surface area contributed by atoms with Crippen LogP contribution in [0.3, 0.4) is 0 Å². The van der Waals surface area contributed by atoms with Gasteiger partial charge in [0.1, 0.15) is 0 Å². The quantitative estimate of drug-likeness (QED) is 0.903. The van der Waals surface area contributed by atoms with Gasteiger partial charge in [-0.15, -0.1) is 0 Å². The predicted octanol–water partition coefficient (Wildman–Crippen LogP) is 3.53. The molecule has 0 bridgehead atoms. The van der Waals surface area contributed by atoms with Gasteiger partial charge in [0.2, 0.25) is 0 Å². The van der Waals surface area contributed by atoms with Gasteiger partial charge in [0.25, 0.3) is 0 Å². The van der Waals surface area contributed by atoms with Gasteiger partial charge >= 0.3 is 0 Å². The van der Waals surface area contributed by atoms with Gasteiger partial charge in [-0.1, -0.05) is 28.4 Å². The Kier molecular flexibility index (Phi) is 4.87. The number of nitrogens with two attached hydrogens (primary N) is 1. The molecule has 116 valence electrons. The molecule has 0 saturated carbocycles. The molecule has 2 heterocycles. The van der Waals surface area contributed by atoms with Crippen LogP contribution in [0.2, 0.25) is 0 Å². The minimum atomic E-state index is 0.0769. The van der Waals surface area contributed by atoms with E-state index in [0.29, 0.717) is 0 Å². The van der Waals surface area contributed by atoms with Crippen LogP contribution in [-0.4, -0.2) is 37.1 Å². The number of rotatable bonds is 3. The third kappa shape index (κ3) is 3.43. The van der Waals surface area contributed by atoms with E-state index in [0.717, 1.165) is 10.5 Å². The molecule has 3 rings (SSSR count). The lowest BCUT2D eigenvalue weighted by Crippen LogP contribution is -2.40. The fourth-order valence-electron chi connectivity index (χ4n) is 3.64. The average molecular weight is 352 g/mol. The summed E-state index contributed by atoms with van der Waals surface area (Å²) in [5.74, 6) is 0. The van der Waals surface area contributed by atoms with Crippen molar-refractivity contribution in [2.45, 2.75) is 44.7 Å². The van der Waals surface area contributed by atoms with Gasteiger partial charge in [0, 0.05) is 35.3 Å². The fraction of sp³-hybridized carbons (Fsp3) is 0.647. The number of hydrogen-bond acceptors (Lipinski definition) is 3. The van der Waals surface area contributed by atoms with Crippen LogP contribution in [0.4, 0.5) is 5.69 Å². The largest absolute Gasteiger partial charge is 0.370 e. The Morgan fingerprint density at radius 2 is 1.95 bits per heavy atom.